The van der Waals surface area contributed by atoms with E-state index >= 15 is 0 Å². The molecule has 2 N–H and O–H groups in total. The summed E-state index contributed by atoms with van der Waals surface area (Å²) >= 11 is 1.59. The molecule has 0 saturated heterocycles. The minimum Gasteiger partial charge on any atom is -0.459 e. The normalized spacial score (nSPS) is 10.6. The Hall–Kier alpha value is -2.80. The van der Waals surface area contributed by atoms with E-state index in [0.717, 1.165) is 15.4 Å². The second-order valence-corrected chi connectivity index (χ2v) is 6.75. The van der Waals surface area contributed by atoms with Gasteiger partial charge in [-0.2, -0.15) is 0 Å². The van der Waals surface area contributed by atoms with E-state index in [1.807, 2.05) is 42.9 Å². The summed E-state index contributed by atoms with van der Waals surface area (Å²) in [7, 11) is 0. The average Bonchev–Trinajstić information content (AvgIpc) is 3.34. The van der Waals surface area contributed by atoms with Gasteiger partial charge in [0, 0.05) is 30.4 Å². The number of carbonyl (C=O) groups is 2. The highest BCUT2D eigenvalue weighted by atomic mass is 32.1. The maximum absolute atomic E-state index is 12.6. The quantitative estimate of drug-likeness (QED) is 0.666. The van der Waals surface area contributed by atoms with Crippen molar-refractivity contribution in [2.45, 2.75) is 13.8 Å². The van der Waals surface area contributed by atoms with Crippen molar-refractivity contribution in [2.24, 2.45) is 0 Å². The van der Waals surface area contributed by atoms with Crippen LogP contribution in [0.2, 0.25) is 0 Å². The van der Waals surface area contributed by atoms with Crippen LogP contribution in [0.4, 0.5) is 0 Å². The van der Waals surface area contributed by atoms with Crippen LogP contribution >= 0.6 is 11.3 Å². The van der Waals surface area contributed by atoms with E-state index in [1.165, 1.54) is 6.26 Å². The Morgan fingerprint density at radius 3 is 2.40 bits per heavy atom. The van der Waals surface area contributed by atoms with Gasteiger partial charge in [-0.05, 0) is 43.7 Å². The molecule has 0 atom stereocenters. The molecular formula is C18H19N3O3S. The van der Waals surface area contributed by atoms with Crippen molar-refractivity contribution in [3.8, 4) is 5.00 Å². The number of nitrogens with zero attached hydrogens (tertiary/aromatic N) is 1. The van der Waals surface area contributed by atoms with Gasteiger partial charge < -0.3 is 19.6 Å². The van der Waals surface area contributed by atoms with Gasteiger partial charge in [-0.3, -0.25) is 9.59 Å². The molecule has 25 heavy (non-hydrogen) atoms. The molecular weight excluding hydrogens is 338 g/mol. The van der Waals surface area contributed by atoms with E-state index in [-0.39, 0.29) is 17.6 Å². The molecule has 7 heteroatoms. The lowest BCUT2D eigenvalue weighted by Gasteiger charge is -2.09. The summed E-state index contributed by atoms with van der Waals surface area (Å²) < 4.78 is 6.96. The van der Waals surface area contributed by atoms with Crippen LogP contribution in [0.25, 0.3) is 5.00 Å². The highest BCUT2D eigenvalue weighted by Gasteiger charge is 2.20. The minimum atomic E-state index is -0.296. The highest BCUT2D eigenvalue weighted by Crippen LogP contribution is 2.30. The van der Waals surface area contributed by atoms with Crippen LogP contribution in [0.1, 0.15) is 31.4 Å². The molecule has 2 amide bonds. The van der Waals surface area contributed by atoms with E-state index in [1.54, 1.807) is 23.5 Å². The van der Waals surface area contributed by atoms with Gasteiger partial charge in [0.05, 0.1) is 11.8 Å². The number of amides is 2. The first kappa shape index (κ1) is 17.0. The molecule has 0 aliphatic rings. The molecule has 0 saturated carbocycles. The molecule has 3 rings (SSSR count). The van der Waals surface area contributed by atoms with Crippen LogP contribution in [0.3, 0.4) is 0 Å². The smallest absolute Gasteiger partial charge is 0.287 e. The molecule has 0 aliphatic heterocycles. The predicted octanol–water partition coefficient (Wildman–Crippen LogP) is 2.91. The zero-order chi connectivity index (χ0) is 17.8. The summed E-state index contributed by atoms with van der Waals surface area (Å²) in [6.45, 7) is 4.62. The molecule has 3 aromatic rings. The van der Waals surface area contributed by atoms with E-state index in [2.05, 4.69) is 10.6 Å². The molecule has 0 bridgehead atoms. The van der Waals surface area contributed by atoms with Gasteiger partial charge in [0.2, 0.25) is 0 Å². The average molecular weight is 357 g/mol. The van der Waals surface area contributed by atoms with Gasteiger partial charge in [0.25, 0.3) is 11.8 Å². The Labute approximate surface area is 149 Å². The largest absolute Gasteiger partial charge is 0.459 e. The number of hydrogen-bond donors (Lipinski definition) is 2. The van der Waals surface area contributed by atoms with E-state index in [9.17, 15) is 9.59 Å². The lowest BCUT2D eigenvalue weighted by Crippen LogP contribution is -2.35. The maximum Gasteiger partial charge on any atom is 0.287 e. The third-order valence-corrected chi connectivity index (χ3v) is 5.09. The van der Waals surface area contributed by atoms with Crippen molar-refractivity contribution in [3.63, 3.8) is 0 Å². The van der Waals surface area contributed by atoms with Gasteiger partial charge in [-0.25, -0.2) is 0 Å². The van der Waals surface area contributed by atoms with Gasteiger partial charge >= 0.3 is 0 Å². The summed E-state index contributed by atoms with van der Waals surface area (Å²) in [4.78, 5) is 25.5. The SMILES string of the molecule is Cc1sc(-n2cccc2)c(C(=O)NCCNC(=O)c2ccco2)c1C. The molecule has 3 heterocycles. The second-order valence-electron chi connectivity index (χ2n) is 5.54. The maximum atomic E-state index is 12.6. The monoisotopic (exact) mass is 357 g/mol. The molecule has 3 aromatic heterocycles. The van der Waals surface area contributed by atoms with Crippen molar-refractivity contribution >= 4 is 23.2 Å². The topological polar surface area (TPSA) is 76.3 Å². The first-order valence-electron chi connectivity index (χ1n) is 7.91. The van der Waals surface area contributed by atoms with Crippen LogP contribution in [0, 0.1) is 13.8 Å². The fourth-order valence-electron chi connectivity index (χ4n) is 2.46. The van der Waals surface area contributed by atoms with Crippen LogP contribution in [-0.4, -0.2) is 29.5 Å². The fraction of sp³-hybridized carbons (Fsp3) is 0.222. The van der Waals surface area contributed by atoms with Crippen molar-refractivity contribution < 1.29 is 14.0 Å². The number of nitrogens with one attached hydrogen (secondary N) is 2. The lowest BCUT2D eigenvalue weighted by atomic mass is 10.1. The van der Waals surface area contributed by atoms with E-state index in [0.29, 0.717) is 18.7 Å². The van der Waals surface area contributed by atoms with Crippen LogP contribution in [-0.2, 0) is 0 Å². The number of carbonyl (C=O) groups excluding carboxylic acids is 2. The molecule has 0 aliphatic carbocycles. The number of thiophene rings is 1. The van der Waals surface area contributed by atoms with Gasteiger partial charge in [0.15, 0.2) is 5.76 Å². The minimum absolute atomic E-state index is 0.141. The van der Waals surface area contributed by atoms with E-state index < -0.39 is 0 Å². The van der Waals surface area contributed by atoms with Gasteiger partial charge in [0.1, 0.15) is 5.00 Å². The summed E-state index contributed by atoms with van der Waals surface area (Å²) in [5, 5.41) is 6.47. The predicted molar refractivity (Wildman–Crippen MR) is 96.5 cm³/mol. The second kappa shape index (κ2) is 7.40. The third kappa shape index (κ3) is 3.66. The van der Waals surface area contributed by atoms with Crippen molar-refractivity contribution in [2.75, 3.05) is 13.1 Å². The zero-order valence-corrected chi connectivity index (χ0v) is 14.9. The fourth-order valence-corrected chi connectivity index (χ4v) is 3.58. The molecule has 0 aromatic carbocycles. The Balaban J connectivity index is 1.61. The first-order valence-corrected chi connectivity index (χ1v) is 8.73. The van der Waals surface area contributed by atoms with Crippen LogP contribution in [0.15, 0.2) is 47.3 Å². The standard InChI is InChI=1S/C18H19N3O3S/c1-12-13(2)25-18(21-9-3-4-10-21)15(12)17(23)20-8-7-19-16(22)14-6-5-11-24-14/h3-6,9-11H,7-8H2,1-2H3,(H,19,22)(H,20,23). The van der Waals surface area contributed by atoms with Gasteiger partial charge in [-0.1, -0.05) is 0 Å². The zero-order valence-electron chi connectivity index (χ0n) is 14.0. The molecule has 6 nitrogen and oxygen atoms in total. The molecule has 0 radical (unpaired) electrons. The molecule has 130 valence electrons. The summed E-state index contributed by atoms with van der Waals surface area (Å²) in [6, 6.07) is 7.10. The number of rotatable bonds is 6. The summed E-state index contributed by atoms with van der Waals surface area (Å²) in [5.74, 6) is -0.182. The Morgan fingerprint density at radius 2 is 1.76 bits per heavy atom. The van der Waals surface area contributed by atoms with Crippen molar-refractivity contribution in [3.05, 3.63) is 64.7 Å². The first-order chi connectivity index (χ1) is 12.1. The van der Waals surface area contributed by atoms with Crippen LogP contribution < -0.4 is 10.6 Å². The Kier molecular flexibility index (Phi) is 5.04. The molecule has 0 fully saturated rings. The lowest BCUT2D eigenvalue weighted by molar-refractivity contribution is 0.0910. The number of aromatic nitrogens is 1. The van der Waals surface area contributed by atoms with Crippen LogP contribution in [0.5, 0.6) is 0 Å². The number of aryl methyl sites for hydroxylation is 1. The third-order valence-electron chi connectivity index (χ3n) is 3.87. The number of hydrogen-bond acceptors (Lipinski definition) is 4. The Morgan fingerprint density at radius 1 is 1.08 bits per heavy atom. The van der Waals surface area contributed by atoms with Gasteiger partial charge in [-0.15, -0.1) is 11.3 Å². The molecule has 0 unspecified atom stereocenters. The molecule has 0 spiro atoms. The summed E-state index contributed by atoms with van der Waals surface area (Å²) in [6.07, 6.45) is 5.29. The number of furan rings is 1. The van der Waals surface area contributed by atoms with Crippen molar-refractivity contribution in [1.29, 1.82) is 0 Å². The summed E-state index contributed by atoms with van der Waals surface area (Å²) in [5.41, 5.74) is 1.65. The highest BCUT2D eigenvalue weighted by molar-refractivity contribution is 7.15. The van der Waals surface area contributed by atoms with E-state index in [4.69, 9.17) is 4.42 Å². The Bertz CT molecular complexity index is 864. The van der Waals surface area contributed by atoms with Crippen molar-refractivity contribution in [1.82, 2.24) is 15.2 Å².